The van der Waals surface area contributed by atoms with E-state index in [2.05, 4.69) is 42.5 Å². The number of carbonyl (C=O) groups excluding carboxylic acids is 1. The van der Waals surface area contributed by atoms with E-state index in [1.54, 1.807) is 6.92 Å². The van der Waals surface area contributed by atoms with Crippen LogP contribution in [0.15, 0.2) is 47.4 Å². The first-order valence-electron chi connectivity index (χ1n) is 10.4. The second-order valence-corrected chi connectivity index (χ2v) is 11.3. The molecule has 2 aromatic rings. The minimum absolute atomic E-state index is 0.00801. The van der Waals surface area contributed by atoms with Crippen LogP contribution in [-0.2, 0) is 30.5 Å². The van der Waals surface area contributed by atoms with Crippen molar-refractivity contribution in [1.82, 2.24) is 0 Å². The summed E-state index contributed by atoms with van der Waals surface area (Å²) in [6.07, 6.45) is -6.78. The van der Waals surface area contributed by atoms with Crippen molar-refractivity contribution in [1.29, 1.82) is 0 Å². The van der Waals surface area contributed by atoms with Crippen LogP contribution in [0.4, 0.5) is 44.3 Å². The van der Waals surface area contributed by atoms with E-state index in [9.17, 15) is 57.3 Å². The molecule has 0 aromatic heterocycles. The Balaban J connectivity index is 0.000000275. The number of ether oxygens (including phenoxy) is 2. The summed E-state index contributed by atoms with van der Waals surface area (Å²) in [7, 11) is -7.27. The number of carbonyl (C=O) groups is 1. The first-order valence-corrected chi connectivity index (χ1v) is 13.4. The van der Waals surface area contributed by atoms with Gasteiger partial charge in [0.05, 0.1) is 6.61 Å². The largest absolute Gasteiger partial charge is 0.743 e. The van der Waals surface area contributed by atoms with Crippen LogP contribution in [-0.4, -0.2) is 66.6 Å². The SMILES string of the molecule is CCOC(=O)OC1CC[S+](c2cccc3ccccc23)C1.O=S(=O)([O-])C(F)(F)C(F)(F)C(F)(F)C(F)(F)F. The topological polar surface area (TPSA) is 92.7 Å². The van der Waals surface area contributed by atoms with Gasteiger partial charge in [-0.15, -0.1) is 0 Å². The summed E-state index contributed by atoms with van der Waals surface area (Å²) in [5.74, 6) is -12.8. The first-order chi connectivity index (χ1) is 17.3. The molecule has 0 bridgehead atoms. The van der Waals surface area contributed by atoms with Crippen LogP contribution in [0.1, 0.15) is 13.3 Å². The van der Waals surface area contributed by atoms with Gasteiger partial charge in [-0.3, -0.25) is 0 Å². The minimum Gasteiger partial charge on any atom is -0.743 e. The van der Waals surface area contributed by atoms with Crippen LogP contribution in [0.25, 0.3) is 10.8 Å². The molecular weight excluding hydrogens is 583 g/mol. The number of halogens is 9. The summed E-state index contributed by atoms with van der Waals surface area (Å²) in [5.41, 5.74) is 0. The van der Waals surface area contributed by atoms with Crippen molar-refractivity contribution in [2.75, 3.05) is 18.1 Å². The molecule has 0 spiro atoms. The fourth-order valence-electron chi connectivity index (χ4n) is 3.21. The molecule has 0 saturated carbocycles. The zero-order chi connectivity index (χ0) is 29.2. The first kappa shape index (κ1) is 31.8. The molecule has 0 amide bonds. The number of benzene rings is 2. The highest BCUT2D eigenvalue weighted by Crippen LogP contribution is 2.54. The lowest BCUT2D eigenvalue weighted by molar-refractivity contribution is -0.382. The molecule has 1 aliphatic rings. The third-order valence-electron chi connectivity index (χ3n) is 5.09. The summed E-state index contributed by atoms with van der Waals surface area (Å²) >= 11 is 0. The molecule has 1 heterocycles. The smallest absolute Gasteiger partial charge is 0.508 e. The molecule has 2 unspecified atom stereocenters. The van der Waals surface area contributed by atoms with Gasteiger partial charge in [-0.1, -0.05) is 30.3 Å². The van der Waals surface area contributed by atoms with Gasteiger partial charge in [0.25, 0.3) is 0 Å². The Kier molecular flexibility index (Phi) is 9.52. The molecule has 1 saturated heterocycles. The van der Waals surface area contributed by atoms with Crippen molar-refractivity contribution in [3.8, 4) is 0 Å². The predicted molar refractivity (Wildman–Crippen MR) is 116 cm³/mol. The fraction of sp³-hybridized carbons (Fsp3) is 0.476. The van der Waals surface area contributed by atoms with E-state index in [0.717, 1.165) is 17.9 Å². The number of hydrogen-bond acceptors (Lipinski definition) is 6. The molecule has 17 heteroatoms. The lowest BCUT2D eigenvalue weighted by Crippen LogP contribution is -2.63. The van der Waals surface area contributed by atoms with E-state index in [1.807, 2.05) is 0 Å². The van der Waals surface area contributed by atoms with Crippen LogP contribution in [0, 0.1) is 0 Å². The molecule has 2 atom stereocenters. The number of hydrogen-bond donors (Lipinski definition) is 0. The highest BCUT2D eigenvalue weighted by atomic mass is 32.2. The lowest BCUT2D eigenvalue weighted by atomic mass is 10.1. The maximum Gasteiger partial charge on any atom is 0.508 e. The van der Waals surface area contributed by atoms with Crippen molar-refractivity contribution in [3.05, 3.63) is 42.5 Å². The van der Waals surface area contributed by atoms with Crippen LogP contribution >= 0.6 is 0 Å². The quantitative estimate of drug-likeness (QED) is 0.182. The molecule has 1 aliphatic heterocycles. The fourth-order valence-corrected chi connectivity index (χ4v) is 6.22. The van der Waals surface area contributed by atoms with Gasteiger partial charge >= 0.3 is 29.4 Å². The van der Waals surface area contributed by atoms with Crippen LogP contribution in [0.3, 0.4) is 0 Å². The standard InChI is InChI=1S/C17H19O3S.C4HF9O3S/c1-2-19-17(18)20-14-10-11-21(12-14)16-9-5-7-13-6-3-4-8-15(13)16;5-1(6,3(9,10)11)2(7,8)4(12,13)17(14,15)16/h3-9,14H,2,10-12H2,1H3;(H,14,15,16)/q+1;/p-1. The monoisotopic (exact) mass is 602 g/mol. The molecular formula is C21H19F9O6S2. The van der Waals surface area contributed by atoms with E-state index in [4.69, 9.17) is 9.47 Å². The maximum absolute atomic E-state index is 12.2. The number of fused-ring (bicyclic) bond motifs is 1. The van der Waals surface area contributed by atoms with Crippen LogP contribution in [0.5, 0.6) is 0 Å². The van der Waals surface area contributed by atoms with Gasteiger partial charge in [-0.05, 0) is 24.4 Å². The molecule has 1 fully saturated rings. The maximum atomic E-state index is 12.2. The predicted octanol–water partition coefficient (Wildman–Crippen LogP) is 5.72. The van der Waals surface area contributed by atoms with Crippen molar-refractivity contribution >= 4 is 37.9 Å². The van der Waals surface area contributed by atoms with Gasteiger partial charge in [-0.25, -0.2) is 13.2 Å². The summed E-state index contributed by atoms with van der Waals surface area (Å²) in [4.78, 5) is 12.8. The molecule has 214 valence electrons. The van der Waals surface area contributed by atoms with Gasteiger partial charge in [0.1, 0.15) is 5.75 Å². The van der Waals surface area contributed by atoms with Crippen molar-refractivity contribution in [3.63, 3.8) is 0 Å². The van der Waals surface area contributed by atoms with Gasteiger partial charge < -0.3 is 14.0 Å². The Morgan fingerprint density at radius 1 is 0.974 bits per heavy atom. The van der Waals surface area contributed by atoms with E-state index in [0.29, 0.717) is 6.61 Å². The third-order valence-corrected chi connectivity index (χ3v) is 8.45. The van der Waals surface area contributed by atoms with Crippen molar-refractivity contribution in [2.24, 2.45) is 0 Å². The summed E-state index contributed by atoms with van der Waals surface area (Å²) in [6, 6.07) is 14.9. The van der Waals surface area contributed by atoms with E-state index < -0.39 is 39.5 Å². The zero-order valence-corrected chi connectivity index (χ0v) is 20.7. The Morgan fingerprint density at radius 3 is 2.11 bits per heavy atom. The summed E-state index contributed by atoms with van der Waals surface area (Å²) < 4.78 is 146. The average Bonchev–Trinajstić information content (AvgIpc) is 3.25. The Morgan fingerprint density at radius 2 is 1.55 bits per heavy atom. The van der Waals surface area contributed by atoms with Crippen LogP contribution in [0.2, 0.25) is 0 Å². The molecule has 0 radical (unpaired) electrons. The Labute approximate surface area is 213 Å². The van der Waals surface area contributed by atoms with Gasteiger partial charge in [0, 0.05) is 22.7 Å². The van der Waals surface area contributed by atoms with Gasteiger partial charge in [0.15, 0.2) is 26.9 Å². The molecule has 0 aliphatic carbocycles. The summed E-state index contributed by atoms with van der Waals surface area (Å²) in [5, 5.41) is -4.52. The minimum atomic E-state index is -7.43. The molecule has 0 N–H and O–H groups in total. The highest BCUT2D eigenvalue weighted by Gasteiger charge is 2.83. The Hall–Kier alpha value is -2.40. The van der Waals surface area contributed by atoms with E-state index in [1.165, 1.54) is 15.7 Å². The second-order valence-electron chi connectivity index (χ2n) is 7.67. The van der Waals surface area contributed by atoms with Crippen molar-refractivity contribution < 1.29 is 66.8 Å². The van der Waals surface area contributed by atoms with Crippen molar-refractivity contribution in [2.45, 2.75) is 47.6 Å². The van der Waals surface area contributed by atoms with Crippen LogP contribution < -0.4 is 0 Å². The van der Waals surface area contributed by atoms with E-state index >= 15 is 0 Å². The Bertz CT molecular complexity index is 1230. The molecule has 38 heavy (non-hydrogen) atoms. The number of rotatable bonds is 6. The normalized spacial score (nSPS) is 19.0. The third kappa shape index (κ3) is 6.42. The average molecular weight is 602 g/mol. The molecule has 6 nitrogen and oxygen atoms in total. The van der Waals surface area contributed by atoms with Gasteiger partial charge in [-0.2, -0.15) is 39.5 Å². The number of alkyl halides is 9. The summed E-state index contributed by atoms with van der Waals surface area (Å²) in [6.45, 7) is 2.15. The zero-order valence-electron chi connectivity index (χ0n) is 19.1. The van der Waals surface area contributed by atoms with Gasteiger partial charge in [0.2, 0.25) is 0 Å². The highest BCUT2D eigenvalue weighted by molar-refractivity contribution is 7.97. The second kappa shape index (κ2) is 11.4. The van der Waals surface area contributed by atoms with E-state index in [-0.39, 0.29) is 17.0 Å². The molecule has 2 aromatic carbocycles. The lowest BCUT2D eigenvalue weighted by Gasteiger charge is -2.34. The molecule has 3 rings (SSSR count).